The molecule has 0 saturated heterocycles. The van der Waals surface area contributed by atoms with E-state index in [9.17, 15) is 0 Å². The van der Waals surface area contributed by atoms with Crippen LogP contribution in [0, 0.1) is 0 Å². The van der Waals surface area contributed by atoms with Crippen molar-refractivity contribution in [2.45, 2.75) is 6.17 Å². The van der Waals surface area contributed by atoms with E-state index in [2.05, 4.69) is 115 Å². The summed E-state index contributed by atoms with van der Waals surface area (Å²) in [5.74, 6) is 1.45. The molecule has 1 N–H and O–H groups in total. The first-order valence-electron chi connectivity index (χ1n) is 17.4. The van der Waals surface area contributed by atoms with Gasteiger partial charge in [0.05, 0.1) is 16.6 Å². The lowest BCUT2D eigenvalue weighted by molar-refractivity contribution is 0.675. The van der Waals surface area contributed by atoms with Crippen molar-refractivity contribution in [1.29, 1.82) is 0 Å². The Morgan fingerprint density at radius 3 is 1.92 bits per heavy atom. The van der Waals surface area contributed by atoms with Crippen molar-refractivity contribution >= 4 is 55.2 Å². The molecule has 10 rings (SSSR count). The second kappa shape index (κ2) is 12.4. The van der Waals surface area contributed by atoms with Gasteiger partial charge in [-0.25, -0.2) is 9.98 Å². The van der Waals surface area contributed by atoms with Crippen molar-refractivity contribution in [3.8, 4) is 22.3 Å². The normalized spacial score (nSPS) is 14.3. The summed E-state index contributed by atoms with van der Waals surface area (Å²) in [5, 5.41) is 9.49. The van der Waals surface area contributed by atoms with Crippen molar-refractivity contribution in [3.63, 3.8) is 0 Å². The quantitative estimate of drug-likeness (QED) is 0.186. The Balaban J connectivity index is 1.25. The molecule has 0 aliphatic carbocycles. The zero-order valence-corrected chi connectivity index (χ0v) is 28.0. The van der Waals surface area contributed by atoms with Crippen LogP contribution in [0.2, 0.25) is 0 Å². The molecular weight excluding hydrogens is 637 g/mol. The Morgan fingerprint density at radius 2 is 1.10 bits per heavy atom. The lowest BCUT2D eigenvalue weighted by Gasteiger charge is -2.25. The molecule has 6 nitrogen and oxygen atoms in total. The molecule has 3 heterocycles. The maximum Gasteiger partial charge on any atom is 0.159 e. The molecular formula is C46H30N6. The van der Waals surface area contributed by atoms with Crippen molar-refractivity contribution in [2.24, 2.45) is 9.98 Å². The Kier molecular flexibility index (Phi) is 7.10. The highest BCUT2D eigenvalue weighted by atomic mass is 15.2. The zero-order valence-electron chi connectivity index (χ0n) is 28.0. The lowest BCUT2D eigenvalue weighted by atomic mass is 9.89. The van der Waals surface area contributed by atoms with E-state index in [1.807, 2.05) is 48.7 Å². The molecule has 0 bridgehead atoms. The number of nitrogens with zero attached hydrogens (tertiary/aromatic N) is 5. The minimum absolute atomic E-state index is 0.423. The second-order valence-electron chi connectivity index (χ2n) is 13.0. The highest BCUT2D eigenvalue weighted by Gasteiger charge is 2.23. The Labute approximate surface area is 299 Å². The smallest absolute Gasteiger partial charge is 0.159 e. The van der Waals surface area contributed by atoms with E-state index in [0.29, 0.717) is 5.84 Å². The number of rotatable bonds is 5. The molecule has 0 radical (unpaired) electrons. The minimum atomic E-state index is -0.423. The third-order valence-electron chi connectivity index (χ3n) is 9.81. The van der Waals surface area contributed by atoms with Crippen LogP contribution < -0.4 is 5.32 Å². The number of nitrogens with one attached hydrogen (secondary N) is 1. The number of benzene rings is 7. The summed E-state index contributed by atoms with van der Waals surface area (Å²) in [7, 11) is 0. The predicted molar refractivity (Wildman–Crippen MR) is 213 cm³/mol. The molecule has 244 valence electrons. The number of hydrogen-bond donors (Lipinski definition) is 1. The molecule has 52 heavy (non-hydrogen) atoms. The van der Waals surface area contributed by atoms with E-state index in [4.69, 9.17) is 24.9 Å². The van der Waals surface area contributed by atoms with Gasteiger partial charge in [-0.2, -0.15) is 0 Å². The van der Waals surface area contributed by atoms with Gasteiger partial charge in [0, 0.05) is 40.7 Å². The number of fused-ring (bicyclic) bond motifs is 6. The van der Waals surface area contributed by atoms with E-state index >= 15 is 0 Å². The third kappa shape index (κ3) is 5.17. The van der Waals surface area contributed by atoms with Crippen molar-refractivity contribution in [3.05, 3.63) is 187 Å². The number of aromatic nitrogens is 3. The monoisotopic (exact) mass is 666 g/mol. The van der Waals surface area contributed by atoms with Gasteiger partial charge in [0.25, 0.3) is 0 Å². The fraction of sp³-hybridized carbons (Fsp3) is 0.0217. The van der Waals surface area contributed by atoms with Gasteiger partial charge in [-0.3, -0.25) is 15.0 Å². The fourth-order valence-electron chi connectivity index (χ4n) is 7.39. The van der Waals surface area contributed by atoms with Crippen molar-refractivity contribution in [1.82, 2.24) is 20.3 Å². The average molecular weight is 667 g/mol. The molecule has 1 aliphatic rings. The van der Waals surface area contributed by atoms with Crippen LogP contribution >= 0.6 is 0 Å². The minimum Gasteiger partial charge on any atom is -0.344 e. The second-order valence-corrected chi connectivity index (χ2v) is 13.0. The molecule has 7 aromatic carbocycles. The Bertz CT molecular complexity index is 2740. The molecule has 0 saturated carbocycles. The van der Waals surface area contributed by atoms with E-state index < -0.39 is 6.17 Å². The highest BCUT2D eigenvalue weighted by molar-refractivity contribution is 6.15. The average Bonchev–Trinajstić information content (AvgIpc) is 3.23. The topological polar surface area (TPSA) is 75.4 Å². The summed E-state index contributed by atoms with van der Waals surface area (Å²) < 4.78 is 0. The summed E-state index contributed by atoms with van der Waals surface area (Å²) in [6, 6.07) is 52.9. The van der Waals surface area contributed by atoms with Crippen LogP contribution in [-0.4, -0.2) is 26.6 Å². The van der Waals surface area contributed by atoms with Crippen LogP contribution in [0.25, 0.3) is 65.7 Å². The first kappa shape index (κ1) is 29.8. The predicted octanol–water partition coefficient (Wildman–Crippen LogP) is 10.3. The van der Waals surface area contributed by atoms with Crippen molar-refractivity contribution in [2.75, 3.05) is 0 Å². The van der Waals surface area contributed by atoms with Crippen molar-refractivity contribution < 1.29 is 0 Å². The van der Waals surface area contributed by atoms with Gasteiger partial charge in [0.15, 0.2) is 5.84 Å². The molecule has 1 atom stereocenters. The first-order chi connectivity index (χ1) is 25.8. The standard InChI is InChI=1S/C46H30N6/c1-3-12-29(13-4-1)44-50-45(30-14-5-2-6-15-30)52-46(51-44)34-25-32(39-27-31-16-7-8-17-35(31)36-18-9-10-19-37(36)39)24-33(26-34)40-28-41-43(49-23-22-47-41)38-20-11-21-48-42(38)40/h1-28,46H,(H,50,51,52). The van der Waals surface area contributed by atoms with E-state index in [-0.39, 0.29) is 0 Å². The SMILES string of the molecule is c1ccc(C2=NC(c3cc(-c4cc5ccccc5c5ccccc45)cc(-c4cc5nccnc5c5cccnc45)c3)NC(c3ccccc3)=N2)cc1. The summed E-state index contributed by atoms with van der Waals surface area (Å²) in [5.41, 5.74) is 9.72. The van der Waals surface area contributed by atoms with Crippen LogP contribution in [0.3, 0.4) is 0 Å². The van der Waals surface area contributed by atoms with Gasteiger partial charge < -0.3 is 5.32 Å². The van der Waals surface area contributed by atoms with Gasteiger partial charge in [-0.15, -0.1) is 0 Å². The number of hydrogen-bond acceptors (Lipinski definition) is 6. The van der Waals surface area contributed by atoms with Gasteiger partial charge >= 0.3 is 0 Å². The summed E-state index contributed by atoms with van der Waals surface area (Å²) >= 11 is 0. The molecule has 0 amide bonds. The molecule has 1 aliphatic heterocycles. The van der Waals surface area contributed by atoms with E-state index in [1.54, 1.807) is 12.4 Å². The van der Waals surface area contributed by atoms with Gasteiger partial charge in [0.2, 0.25) is 0 Å². The first-order valence-corrected chi connectivity index (χ1v) is 17.4. The maximum absolute atomic E-state index is 5.27. The number of pyridine rings is 1. The van der Waals surface area contributed by atoms with Crippen LogP contribution in [-0.2, 0) is 0 Å². The fourth-order valence-corrected chi connectivity index (χ4v) is 7.39. The molecule has 6 heteroatoms. The molecule has 1 unspecified atom stereocenters. The van der Waals surface area contributed by atoms with Gasteiger partial charge in [0.1, 0.15) is 12.0 Å². The van der Waals surface area contributed by atoms with E-state index in [0.717, 1.165) is 66.7 Å². The maximum atomic E-state index is 5.27. The summed E-state index contributed by atoms with van der Waals surface area (Å²) in [6.45, 7) is 0. The van der Waals surface area contributed by atoms with Crippen LogP contribution in [0.15, 0.2) is 180 Å². The Morgan fingerprint density at radius 1 is 0.442 bits per heavy atom. The molecule has 0 fully saturated rings. The largest absolute Gasteiger partial charge is 0.344 e. The lowest BCUT2D eigenvalue weighted by Crippen LogP contribution is -2.33. The Hall–Kier alpha value is -7.05. The van der Waals surface area contributed by atoms with Crippen LogP contribution in [0.1, 0.15) is 22.9 Å². The van der Waals surface area contributed by atoms with Crippen LogP contribution in [0.4, 0.5) is 0 Å². The summed E-state index contributed by atoms with van der Waals surface area (Å²) in [6.07, 6.45) is 4.90. The molecule has 0 spiro atoms. The summed E-state index contributed by atoms with van der Waals surface area (Å²) in [4.78, 5) is 24.7. The number of amidine groups is 2. The number of aliphatic imine (C=N–C) groups is 2. The zero-order chi connectivity index (χ0) is 34.4. The van der Waals surface area contributed by atoms with Gasteiger partial charge in [-0.05, 0) is 86.3 Å². The van der Waals surface area contributed by atoms with Gasteiger partial charge in [-0.1, -0.05) is 109 Å². The highest BCUT2D eigenvalue weighted by Crippen LogP contribution is 2.40. The van der Waals surface area contributed by atoms with Crippen LogP contribution in [0.5, 0.6) is 0 Å². The van der Waals surface area contributed by atoms with E-state index in [1.165, 1.54) is 21.5 Å². The third-order valence-corrected chi connectivity index (χ3v) is 9.81. The molecule has 9 aromatic rings. The molecule has 2 aromatic heterocycles.